The highest BCUT2D eigenvalue weighted by Gasteiger charge is 2.32. The number of amides is 1. The Bertz CT molecular complexity index is 1010. The van der Waals surface area contributed by atoms with Crippen molar-refractivity contribution in [3.8, 4) is 0 Å². The molecule has 1 fully saturated rings. The molecule has 2 unspecified atom stereocenters. The Hall–Kier alpha value is -2.93. The summed E-state index contributed by atoms with van der Waals surface area (Å²) in [4.78, 5) is 41.1. The minimum absolute atomic E-state index is 0.0612. The van der Waals surface area contributed by atoms with E-state index in [1.54, 1.807) is 30.4 Å². The third-order valence-corrected chi connectivity index (χ3v) is 6.59. The lowest BCUT2D eigenvalue weighted by molar-refractivity contribution is -0.134. The maximum Gasteiger partial charge on any atom is 0.354 e. The standard InChI is InChI=1S/C26H34N2O5/c1-6-21(19-11-8-7-9-12-19)25(30)28(15-20-13-10-14-33-20)16-22(29)23-17(2)24(26(31)32-5)27(4)18(23)3/h7-9,11-12,20-21H,6,10,13-16H2,1-5H3. The topological polar surface area (TPSA) is 77.8 Å². The van der Waals surface area contributed by atoms with E-state index < -0.39 is 5.97 Å². The molecule has 1 aliphatic rings. The lowest BCUT2D eigenvalue weighted by Crippen LogP contribution is -2.43. The number of carbonyl (C=O) groups excluding carboxylic acids is 3. The molecule has 0 bridgehead atoms. The van der Waals surface area contributed by atoms with Crippen LogP contribution in [-0.4, -0.2) is 60.0 Å². The van der Waals surface area contributed by atoms with Crippen molar-refractivity contribution in [1.29, 1.82) is 0 Å². The number of aromatic nitrogens is 1. The summed E-state index contributed by atoms with van der Waals surface area (Å²) >= 11 is 0. The van der Waals surface area contributed by atoms with Gasteiger partial charge < -0.3 is 18.9 Å². The molecule has 0 spiro atoms. The van der Waals surface area contributed by atoms with E-state index in [-0.39, 0.29) is 30.3 Å². The van der Waals surface area contributed by atoms with E-state index in [9.17, 15) is 14.4 Å². The number of hydrogen-bond acceptors (Lipinski definition) is 5. The lowest BCUT2D eigenvalue weighted by Gasteiger charge is -2.29. The molecule has 2 aromatic rings. The van der Waals surface area contributed by atoms with E-state index in [1.165, 1.54) is 7.11 Å². The van der Waals surface area contributed by atoms with Gasteiger partial charge in [0.25, 0.3) is 0 Å². The SMILES string of the molecule is CCC(C(=O)N(CC(=O)c1c(C)c(C(=O)OC)n(C)c1C)CC1CCCO1)c1ccccc1. The van der Waals surface area contributed by atoms with E-state index in [4.69, 9.17) is 9.47 Å². The van der Waals surface area contributed by atoms with E-state index in [0.717, 1.165) is 18.4 Å². The molecule has 1 saturated heterocycles. The second kappa shape index (κ2) is 10.8. The highest BCUT2D eigenvalue weighted by Crippen LogP contribution is 2.26. The van der Waals surface area contributed by atoms with Crippen LogP contribution in [-0.2, 0) is 21.3 Å². The molecular formula is C26H34N2O5. The second-order valence-corrected chi connectivity index (χ2v) is 8.63. The highest BCUT2D eigenvalue weighted by molar-refractivity contribution is 6.05. The molecule has 178 valence electrons. The van der Waals surface area contributed by atoms with Crippen molar-refractivity contribution in [2.75, 3.05) is 26.8 Å². The first kappa shape index (κ1) is 24.7. The summed E-state index contributed by atoms with van der Waals surface area (Å²) in [5.41, 5.74) is 3.01. The Labute approximate surface area is 195 Å². The van der Waals surface area contributed by atoms with Gasteiger partial charge in [0.05, 0.1) is 25.7 Å². The van der Waals surface area contributed by atoms with Crippen LogP contribution in [0.5, 0.6) is 0 Å². The van der Waals surface area contributed by atoms with Gasteiger partial charge in [-0.05, 0) is 44.2 Å². The normalized spacial score (nSPS) is 16.5. The van der Waals surface area contributed by atoms with Gasteiger partial charge in [-0.15, -0.1) is 0 Å². The number of ketones is 1. The molecule has 2 heterocycles. The van der Waals surface area contributed by atoms with Gasteiger partial charge in [-0.25, -0.2) is 4.79 Å². The molecule has 3 rings (SSSR count). The van der Waals surface area contributed by atoms with E-state index in [2.05, 4.69) is 0 Å². The monoisotopic (exact) mass is 454 g/mol. The second-order valence-electron chi connectivity index (χ2n) is 8.63. The van der Waals surface area contributed by atoms with Crippen LogP contribution in [0.15, 0.2) is 30.3 Å². The van der Waals surface area contributed by atoms with Gasteiger partial charge in [0, 0.05) is 31.5 Å². The molecule has 0 N–H and O–H groups in total. The van der Waals surface area contributed by atoms with Gasteiger partial charge >= 0.3 is 5.97 Å². The van der Waals surface area contributed by atoms with Crippen LogP contribution in [0.4, 0.5) is 0 Å². The van der Waals surface area contributed by atoms with Crippen LogP contribution in [0.25, 0.3) is 0 Å². The maximum absolute atomic E-state index is 13.7. The molecule has 2 atom stereocenters. The summed E-state index contributed by atoms with van der Waals surface area (Å²) in [5, 5.41) is 0. The van der Waals surface area contributed by atoms with Crippen LogP contribution in [0.2, 0.25) is 0 Å². The van der Waals surface area contributed by atoms with Crippen molar-refractivity contribution >= 4 is 17.7 Å². The van der Waals surface area contributed by atoms with E-state index in [0.29, 0.717) is 42.1 Å². The van der Waals surface area contributed by atoms with E-state index >= 15 is 0 Å². The molecule has 0 aliphatic carbocycles. The Kier molecular flexibility index (Phi) is 8.08. The average molecular weight is 455 g/mol. The summed E-state index contributed by atoms with van der Waals surface area (Å²) in [7, 11) is 3.06. The van der Waals surface area contributed by atoms with Crippen LogP contribution >= 0.6 is 0 Å². The smallest absolute Gasteiger partial charge is 0.354 e. The predicted molar refractivity (Wildman–Crippen MR) is 126 cm³/mol. The number of nitrogens with zero attached hydrogens (tertiary/aromatic N) is 2. The fraction of sp³-hybridized carbons (Fsp3) is 0.500. The quantitative estimate of drug-likeness (QED) is 0.425. The Morgan fingerprint density at radius 3 is 2.48 bits per heavy atom. The third-order valence-electron chi connectivity index (χ3n) is 6.59. The third kappa shape index (κ3) is 5.19. The van der Waals surface area contributed by atoms with Gasteiger partial charge in [0.2, 0.25) is 5.91 Å². The van der Waals surface area contributed by atoms with Crippen LogP contribution in [0.1, 0.15) is 69.8 Å². The summed E-state index contributed by atoms with van der Waals surface area (Å²) < 4.78 is 12.4. The van der Waals surface area contributed by atoms with Gasteiger partial charge in [0.15, 0.2) is 5.78 Å². The van der Waals surface area contributed by atoms with Gasteiger partial charge in [-0.3, -0.25) is 9.59 Å². The number of carbonyl (C=O) groups is 3. The minimum Gasteiger partial charge on any atom is -0.464 e. The molecule has 1 aliphatic heterocycles. The minimum atomic E-state index is -0.487. The zero-order valence-electron chi connectivity index (χ0n) is 20.2. The fourth-order valence-corrected chi connectivity index (χ4v) is 4.75. The van der Waals surface area contributed by atoms with Crippen molar-refractivity contribution in [2.24, 2.45) is 7.05 Å². The Balaban J connectivity index is 1.91. The fourth-order valence-electron chi connectivity index (χ4n) is 4.75. The Morgan fingerprint density at radius 2 is 1.91 bits per heavy atom. The number of methoxy groups -OCH3 is 1. The molecular weight excluding hydrogens is 420 g/mol. The first-order valence-electron chi connectivity index (χ1n) is 11.5. The predicted octanol–water partition coefficient (Wildman–Crippen LogP) is 3.81. The van der Waals surface area contributed by atoms with Crippen molar-refractivity contribution in [3.05, 3.63) is 58.4 Å². The van der Waals surface area contributed by atoms with Gasteiger partial charge in [-0.1, -0.05) is 37.3 Å². The zero-order chi connectivity index (χ0) is 24.1. The molecule has 0 radical (unpaired) electrons. The number of benzene rings is 1. The highest BCUT2D eigenvalue weighted by atomic mass is 16.5. The molecule has 7 nitrogen and oxygen atoms in total. The summed E-state index contributed by atoms with van der Waals surface area (Å²) in [5.74, 6) is -1.08. The van der Waals surface area contributed by atoms with Gasteiger partial charge in [0.1, 0.15) is 5.69 Å². The largest absolute Gasteiger partial charge is 0.464 e. The van der Waals surface area contributed by atoms with Crippen molar-refractivity contribution in [2.45, 2.75) is 52.1 Å². The summed E-state index contributed by atoms with van der Waals surface area (Å²) in [6.45, 7) is 6.53. The average Bonchev–Trinajstić information content (AvgIpc) is 3.40. The number of rotatable bonds is 9. The maximum atomic E-state index is 13.7. The Morgan fingerprint density at radius 1 is 1.21 bits per heavy atom. The number of ether oxygens (including phenoxy) is 2. The van der Waals surface area contributed by atoms with Gasteiger partial charge in [-0.2, -0.15) is 0 Å². The summed E-state index contributed by atoms with van der Waals surface area (Å²) in [6.07, 6.45) is 2.39. The molecule has 7 heteroatoms. The molecule has 1 aromatic heterocycles. The van der Waals surface area contributed by atoms with Crippen molar-refractivity contribution < 1.29 is 23.9 Å². The van der Waals surface area contributed by atoms with E-state index in [1.807, 2.05) is 37.3 Å². The number of Topliss-reactive ketones (excluding diaryl/α,β-unsaturated/α-hetero) is 1. The summed E-state index contributed by atoms with van der Waals surface area (Å²) in [6, 6.07) is 9.67. The molecule has 33 heavy (non-hydrogen) atoms. The number of hydrogen-bond donors (Lipinski definition) is 0. The number of esters is 1. The van der Waals surface area contributed by atoms with Crippen molar-refractivity contribution in [1.82, 2.24) is 9.47 Å². The first-order valence-corrected chi connectivity index (χ1v) is 11.5. The van der Waals surface area contributed by atoms with Crippen LogP contribution < -0.4 is 0 Å². The molecule has 1 aromatic carbocycles. The lowest BCUT2D eigenvalue weighted by atomic mass is 9.94. The zero-order valence-corrected chi connectivity index (χ0v) is 20.2. The molecule has 0 saturated carbocycles. The molecule has 1 amide bonds. The first-order chi connectivity index (χ1) is 15.8. The van der Waals surface area contributed by atoms with Crippen LogP contribution in [0, 0.1) is 13.8 Å². The van der Waals surface area contributed by atoms with Crippen molar-refractivity contribution in [3.63, 3.8) is 0 Å². The van der Waals surface area contributed by atoms with Crippen LogP contribution in [0.3, 0.4) is 0 Å².